The van der Waals surface area contributed by atoms with Crippen LogP contribution in [-0.4, -0.2) is 14.5 Å². The highest BCUT2D eigenvalue weighted by Crippen LogP contribution is 2.35. The standard InChI is InChI=1S/C11H14N4/c1-7-5-9-10(13-6-7)15(11(12)14-9)8-3-2-4-8/h5-6,8H,2-4H2,1H3,(H2,12,14). The summed E-state index contributed by atoms with van der Waals surface area (Å²) in [5, 5.41) is 0. The van der Waals surface area contributed by atoms with Crippen molar-refractivity contribution in [2.45, 2.75) is 32.2 Å². The molecule has 0 saturated heterocycles. The van der Waals surface area contributed by atoms with Crippen LogP contribution in [0.2, 0.25) is 0 Å². The van der Waals surface area contributed by atoms with E-state index in [2.05, 4.69) is 14.5 Å². The largest absolute Gasteiger partial charge is 0.369 e. The second-order valence-corrected chi connectivity index (χ2v) is 4.28. The molecule has 1 aliphatic rings. The van der Waals surface area contributed by atoms with Crippen molar-refractivity contribution in [1.29, 1.82) is 0 Å². The lowest BCUT2D eigenvalue weighted by Crippen LogP contribution is -2.19. The summed E-state index contributed by atoms with van der Waals surface area (Å²) in [4.78, 5) is 8.78. The van der Waals surface area contributed by atoms with E-state index in [9.17, 15) is 0 Å². The van der Waals surface area contributed by atoms with Gasteiger partial charge < -0.3 is 5.73 Å². The van der Waals surface area contributed by atoms with Gasteiger partial charge >= 0.3 is 0 Å². The highest BCUT2D eigenvalue weighted by molar-refractivity contribution is 5.74. The van der Waals surface area contributed by atoms with Crippen LogP contribution in [0.25, 0.3) is 11.2 Å². The molecule has 4 heteroatoms. The summed E-state index contributed by atoms with van der Waals surface area (Å²) in [6.07, 6.45) is 5.56. The molecule has 1 aliphatic carbocycles. The Kier molecular flexibility index (Phi) is 1.71. The number of nitrogens with zero attached hydrogens (tertiary/aromatic N) is 3. The van der Waals surface area contributed by atoms with Crippen molar-refractivity contribution in [1.82, 2.24) is 14.5 Å². The monoisotopic (exact) mass is 202 g/mol. The van der Waals surface area contributed by atoms with E-state index < -0.39 is 0 Å². The SMILES string of the molecule is Cc1cnc2c(c1)nc(N)n2C1CCC1. The fourth-order valence-corrected chi connectivity index (χ4v) is 2.11. The molecular formula is C11H14N4. The Morgan fingerprint density at radius 2 is 2.27 bits per heavy atom. The molecule has 15 heavy (non-hydrogen) atoms. The van der Waals surface area contributed by atoms with Gasteiger partial charge in [0.1, 0.15) is 5.52 Å². The van der Waals surface area contributed by atoms with E-state index in [4.69, 9.17) is 5.73 Å². The molecule has 1 saturated carbocycles. The second kappa shape index (κ2) is 2.95. The molecule has 1 fully saturated rings. The Morgan fingerprint density at radius 3 is 2.93 bits per heavy atom. The number of aromatic nitrogens is 3. The van der Waals surface area contributed by atoms with Crippen molar-refractivity contribution in [2.24, 2.45) is 0 Å². The van der Waals surface area contributed by atoms with Gasteiger partial charge in [-0.1, -0.05) is 0 Å². The Morgan fingerprint density at radius 1 is 1.47 bits per heavy atom. The molecule has 0 bridgehead atoms. The quantitative estimate of drug-likeness (QED) is 0.770. The van der Waals surface area contributed by atoms with E-state index in [0.717, 1.165) is 16.7 Å². The first-order valence-electron chi connectivity index (χ1n) is 5.36. The fraction of sp³-hybridized carbons (Fsp3) is 0.455. The summed E-state index contributed by atoms with van der Waals surface area (Å²) >= 11 is 0. The normalized spacial score (nSPS) is 16.9. The number of nitrogens with two attached hydrogens (primary N) is 1. The van der Waals surface area contributed by atoms with Gasteiger partial charge in [0.15, 0.2) is 5.65 Å². The minimum atomic E-state index is 0.519. The van der Waals surface area contributed by atoms with E-state index in [1.165, 1.54) is 19.3 Å². The lowest BCUT2D eigenvalue weighted by Gasteiger charge is -2.27. The summed E-state index contributed by atoms with van der Waals surface area (Å²) in [5.41, 5.74) is 8.90. The van der Waals surface area contributed by atoms with Crippen LogP contribution < -0.4 is 5.73 Å². The van der Waals surface area contributed by atoms with Crippen LogP contribution in [0.5, 0.6) is 0 Å². The van der Waals surface area contributed by atoms with Crippen molar-refractivity contribution in [3.63, 3.8) is 0 Å². The Bertz CT molecular complexity index is 511. The van der Waals surface area contributed by atoms with Gasteiger partial charge in [0.05, 0.1) is 0 Å². The van der Waals surface area contributed by atoms with Crippen LogP contribution in [0.15, 0.2) is 12.3 Å². The third-order valence-corrected chi connectivity index (χ3v) is 3.13. The van der Waals surface area contributed by atoms with Gasteiger partial charge in [-0.25, -0.2) is 9.97 Å². The smallest absolute Gasteiger partial charge is 0.202 e. The average molecular weight is 202 g/mol. The molecule has 3 rings (SSSR count). The molecule has 2 aromatic rings. The fourth-order valence-electron chi connectivity index (χ4n) is 2.11. The number of pyridine rings is 1. The summed E-state index contributed by atoms with van der Waals surface area (Å²) in [6, 6.07) is 2.55. The zero-order chi connectivity index (χ0) is 10.4. The molecule has 0 aromatic carbocycles. The maximum atomic E-state index is 5.93. The average Bonchev–Trinajstić information content (AvgIpc) is 2.40. The third kappa shape index (κ3) is 1.21. The second-order valence-electron chi connectivity index (χ2n) is 4.28. The van der Waals surface area contributed by atoms with Crippen LogP contribution in [0.3, 0.4) is 0 Å². The van der Waals surface area contributed by atoms with Crippen molar-refractivity contribution in [3.05, 3.63) is 17.8 Å². The third-order valence-electron chi connectivity index (χ3n) is 3.13. The van der Waals surface area contributed by atoms with Crippen molar-refractivity contribution in [3.8, 4) is 0 Å². The summed E-state index contributed by atoms with van der Waals surface area (Å²) in [5.74, 6) is 0.604. The molecule has 78 valence electrons. The highest BCUT2D eigenvalue weighted by atomic mass is 15.2. The predicted octanol–water partition coefficient (Wildman–Crippen LogP) is 2.05. The van der Waals surface area contributed by atoms with Gasteiger partial charge in [-0.3, -0.25) is 4.57 Å². The summed E-state index contributed by atoms with van der Waals surface area (Å²) in [7, 11) is 0. The lowest BCUT2D eigenvalue weighted by molar-refractivity contribution is 0.323. The molecule has 0 unspecified atom stereocenters. The van der Waals surface area contributed by atoms with E-state index in [-0.39, 0.29) is 0 Å². The van der Waals surface area contributed by atoms with Crippen LogP contribution in [0, 0.1) is 6.92 Å². The molecule has 0 amide bonds. The first kappa shape index (κ1) is 8.71. The van der Waals surface area contributed by atoms with Crippen molar-refractivity contribution in [2.75, 3.05) is 5.73 Å². The predicted molar refractivity (Wildman–Crippen MR) is 59.6 cm³/mol. The van der Waals surface area contributed by atoms with Crippen LogP contribution in [0.1, 0.15) is 30.9 Å². The Labute approximate surface area is 88.1 Å². The molecule has 0 aliphatic heterocycles. The first-order valence-corrected chi connectivity index (χ1v) is 5.36. The maximum Gasteiger partial charge on any atom is 0.202 e. The minimum absolute atomic E-state index is 0.519. The minimum Gasteiger partial charge on any atom is -0.369 e. The van der Waals surface area contributed by atoms with Crippen molar-refractivity contribution < 1.29 is 0 Å². The lowest BCUT2D eigenvalue weighted by atomic mass is 9.93. The number of nitrogen functional groups attached to an aromatic ring is 1. The maximum absolute atomic E-state index is 5.93. The number of anilines is 1. The van der Waals surface area contributed by atoms with Gasteiger partial charge in [0.25, 0.3) is 0 Å². The molecule has 0 atom stereocenters. The summed E-state index contributed by atoms with van der Waals surface area (Å²) in [6.45, 7) is 2.02. The number of rotatable bonds is 1. The highest BCUT2D eigenvalue weighted by Gasteiger charge is 2.24. The van der Waals surface area contributed by atoms with E-state index in [0.29, 0.717) is 12.0 Å². The number of imidazole rings is 1. The van der Waals surface area contributed by atoms with Crippen LogP contribution >= 0.6 is 0 Å². The number of hydrogen-bond donors (Lipinski definition) is 1. The van der Waals surface area contributed by atoms with Gasteiger partial charge in [0.2, 0.25) is 5.95 Å². The molecule has 0 radical (unpaired) electrons. The van der Waals surface area contributed by atoms with Gasteiger partial charge in [-0.05, 0) is 37.8 Å². The topological polar surface area (TPSA) is 56.7 Å². The number of hydrogen-bond acceptors (Lipinski definition) is 3. The molecular weight excluding hydrogens is 188 g/mol. The van der Waals surface area contributed by atoms with Crippen molar-refractivity contribution >= 4 is 17.1 Å². The van der Waals surface area contributed by atoms with E-state index >= 15 is 0 Å². The summed E-state index contributed by atoms with van der Waals surface area (Å²) < 4.78 is 2.08. The molecule has 4 nitrogen and oxygen atoms in total. The Hall–Kier alpha value is -1.58. The number of aryl methyl sites for hydroxylation is 1. The first-order chi connectivity index (χ1) is 7.25. The van der Waals surface area contributed by atoms with Crippen LogP contribution in [-0.2, 0) is 0 Å². The Balaban J connectivity index is 2.23. The van der Waals surface area contributed by atoms with Gasteiger partial charge in [-0.15, -0.1) is 0 Å². The zero-order valence-corrected chi connectivity index (χ0v) is 8.77. The number of fused-ring (bicyclic) bond motifs is 1. The van der Waals surface area contributed by atoms with E-state index in [1.54, 1.807) is 0 Å². The van der Waals surface area contributed by atoms with Crippen LogP contribution in [0.4, 0.5) is 5.95 Å². The van der Waals surface area contributed by atoms with Gasteiger partial charge in [0, 0.05) is 12.2 Å². The zero-order valence-electron chi connectivity index (χ0n) is 8.77. The molecule has 2 aromatic heterocycles. The van der Waals surface area contributed by atoms with E-state index in [1.807, 2.05) is 19.2 Å². The van der Waals surface area contributed by atoms with Gasteiger partial charge in [-0.2, -0.15) is 0 Å². The molecule has 2 heterocycles. The molecule has 0 spiro atoms. The molecule has 2 N–H and O–H groups in total.